The van der Waals surface area contributed by atoms with Gasteiger partial charge >= 0.3 is 0 Å². The lowest BCUT2D eigenvalue weighted by Crippen LogP contribution is -2.24. The lowest BCUT2D eigenvalue weighted by molar-refractivity contribution is 0.0947. The second kappa shape index (κ2) is 6.73. The van der Waals surface area contributed by atoms with Crippen molar-refractivity contribution >= 4 is 5.91 Å². The maximum absolute atomic E-state index is 12.3. The third-order valence-electron chi connectivity index (χ3n) is 2.79. The summed E-state index contributed by atoms with van der Waals surface area (Å²) in [7, 11) is 0. The summed E-state index contributed by atoms with van der Waals surface area (Å²) < 4.78 is 5.30. The van der Waals surface area contributed by atoms with Crippen LogP contribution in [0.5, 0.6) is 0 Å². The SMILES string of the molecule is Cc1ccc(C#CCO)c(C(=O)NCc2ncc(C)o2)c1. The number of benzene rings is 1. The summed E-state index contributed by atoms with van der Waals surface area (Å²) >= 11 is 0. The minimum atomic E-state index is -0.253. The van der Waals surface area contributed by atoms with Gasteiger partial charge in [-0.25, -0.2) is 4.98 Å². The highest BCUT2D eigenvalue weighted by atomic mass is 16.4. The Labute approximate surface area is 123 Å². The van der Waals surface area contributed by atoms with Crippen molar-refractivity contribution in [1.82, 2.24) is 10.3 Å². The number of oxazole rings is 1. The first-order chi connectivity index (χ1) is 10.1. The van der Waals surface area contributed by atoms with E-state index in [1.54, 1.807) is 25.3 Å². The van der Waals surface area contributed by atoms with Crippen LogP contribution in [0.4, 0.5) is 0 Å². The zero-order valence-electron chi connectivity index (χ0n) is 11.9. The van der Waals surface area contributed by atoms with Gasteiger partial charge in [0.25, 0.3) is 5.91 Å². The van der Waals surface area contributed by atoms with Crippen LogP contribution in [-0.4, -0.2) is 22.6 Å². The molecule has 0 radical (unpaired) electrons. The molecule has 0 fully saturated rings. The highest BCUT2D eigenvalue weighted by Crippen LogP contribution is 2.11. The molecule has 108 valence electrons. The number of aryl methyl sites for hydroxylation is 2. The molecule has 0 atom stereocenters. The Kier molecular flexibility index (Phi) is 4.75. The molecule has 0 unspecified atom stereocenters. The first-order valence-electron chi connectivity index (χ1n) is 6.50. The van der Waals surface area contributed by atoms with Crippen LogP contribution in [0.3, 0.4) is 0 Å². The monoisotopic (exact) mass is 284 g/mol. The molecular weight excluding hydrogens is 268 g/mol. The fourth-order valence-electron chi connectivity index (χ4n) is 1.82. The van der Waals surface area contributed by atoms with E-state index in [9.17, 15) is 4.79 Å². The summed E-state index contributed by atoms with van der Waals surface area (Å²) in [6.07, 6.45) is 1.60. The van der Waals surface area contributed by atoms with Gasteiger partial charge in [-0.2, -0.15) is 0 Å². The van der Waals surface area contributed by atoms with Crippen molar-refractivity contribution in [1.29, 1.82) is 0 Å². The Morgan fingerprint density at radius 1 is 1.43 bits per heavy atom. The second-order valence-corrected chi connectivity index (χ2v) is 4.56. The number of aromatic nitrogens is 1. The number of aliphatic hydroxyl groups is 1. The first kappa shape index (κ1) is 14.8. The summed E-state index contributed by atoms with van der Waals surface area (Å²) in [6, 6.07) is 5.40. The van der Waals surface area contributed by atoms with Crippen molar-refractivity contribution in [3.8, 4) is 11.8 Å². The molecule has 0 bridgehead atoms. The third-order valence-corrected chi connectivity index (χ3v) is 2.79. The van der Waals surface area contributed by atoms with E-state index in [2.05, 4.69) is 22.1 Å². The number of nitrogens with one attached hydrogen (secondary N) is 1. The molecule has 0 aliphatic heterocycles. The zero-order chi connectivity index (χ0) is 15.2. The van der Waals surface area contributed by atoms with Crippen LogP contribution in [0.15, 0.2) is 28.8 Å². The first-order valence-corrected chi connectivity index (χ1v) is 6.50. The average molecular weight is 284 g/mol. The summed E-state index contributed by atoms with van der Waals surface area (Å²) in [5.41, 5.74) is 2.01. The Hall–Kier alpha value is -2.58. The Morgan fingerprint density at radius 2 is 2.24 bits per heavy atom. The minimum Gasteiger partial charge on any atom is -0.444 e. The van der Waals surface area contributed by atoms with Crippen molar-refractivity contribution < 1.29 is 14.3 Å². The van der Waals surface area contributed by atoms with Crippen LogP contribution < -0.4 is 5.32 Å². The Morgan fingerprint density at radius 3 is 2.90 bits per heavy atom. The van der Waals surface area contributed by atoms with Crippen molar-refractivity contribution in [2.75, 3.05) is 6.61 Å². The molecule has 1 aromatic heterocycles. The van der Waals surface area contributed by atoms with Gasteiger partial charge in [-0.15, -0.1) is 0 Å². The number of amides is 1. The largest absolute Gasteiger partial charge is 0.444 e. The quantitative estimate of drug-likeness (QED) is 0.839. The minimum absolute atomic E-state index is 0.216. The molecule has 0 saturated heterocycles. The summed E-state index contributed by atoms with van der Waals surface area (Å²) in [5.74, 6) is 6.23. The van der Waals surface area contributed by atoms with Gasteiger partial charge in [0.15, 0.2) is 0 Å². The van der Waals surface area contributed by atoms with Crippen molar-refractivity contribution in [2.24, 2.45) is 0 Å². The average Bonchev–Trinajstić information content (AvgIpc) is 2.89. The molecule has 2 N–H and O–H groups in total. The van der Waals surface area contributed by atoms with Gasteiger partial charge in [0, 0.05) is 5.56 Å². The fourth-order valence-corrected chi connectivity index (χ4v) is 1.82. The predicted octanol–water partition coefficient (Wildman–Crippen LogP) is 1.57. The van der Waals surface area contributed by atoms with Gasteiger partial charge in [-0.3, -0.25) is 4.79 Å². The van der Waals surface area contributed by atoms with Crippen molar-refractivity contribution in [3.05, 3.63) is 52.7 Å². The molecule has 0 spiro atoms. The second-order valence-electron chi connectivity index (χ2n) is 4.56. The van der Waals surface area contributed by atoms with Crippen LogP contribution in [0.1, 0.15) is 33.1 Å². The van der Waals surface area contributed by atoms with Crippen LogP contribution in [0.2, 0.25) is 0 Å². The molecule has 0 aliphatic rings. The molecule has 21 heavy (non-hydrogen) atoms. The van der Waals surface area contributed by atoms with E-state index >= 15 is 0 Å². The summed E-state index contributed by atoms with van der Waals surface area (Å²) in [6.45, 7) is 3.66. The predicted molar refractivity (Wildman–Crippen MR) is 77.6 cm³/mol. The van der Waals surface area contributed by atoms with Crippen molar-refractivity contribution in [2.45, 2.75) is 20.4 Å². The third kappa shape index (κ3) is 3.94. The van der Waals surface area contributed by atoms with E-state index < -0.39 is 0 Å². The van der Waals surface area contributed by atoms with Crippen LogP contribution in [0.25, 0.3) is 0 Å². The number of hydrogen-bond donors (Lipinski definition) is 2. The highest BCUT2D eigenvalue weighted by molar-refractivity contribution is 5.96. The number of rotatable bonds is 3. The molecule has 1 amide bonds. The molecule has 0 saturated carbocycles. The van der Waals surface area contributed by atoms with E-state index in [1.165, 1.54) is 0 Å². The molecule has 2 rings (SSSR count). The van der Waals surface area contributed by atoms with Crippen LogP contribution in [0, 0.1) is 25.7 Å². The lowest BCUT2D eigenvalue weighted by Gasteiger charge is -2.06. The van der Waals surface area contributed by atoms with Gasteiger partial charge in [-0.1, -0.05) is 23.5 Å². The maximum atomic E-state index is 12.3. The van der Waals surface area contributed by atoms with E-state index in [0.717, 1.165) is 5.56 Å². The maximum Gasteiger partial charge on any atom is 0.252 e. The standard InChI is InChI=1S/C16H16N2O3/c1-11-5-6-13(4-3-7-19)14(8-11)16(20)18-10-15-17-9-12(2)21-15/h5-6,8-9,19H,7,10H2,1-2H3,(H,18,20). The number of nitrogens with zero attached hydrogens (tertiary/aromatic N) is 1. The molecule has 0 aliphatic carbocycles. The molecule has 2 aromatic rings. The number of carbonyl (C=O) groups is 1. The Bertz CT molecular complexity index is 708. The molecule has 1 aromatic carbocycles. The van der Waals surface area contributed by atoms with Crippen molar-refractivity contribution in [3.63, 3.8) is 0 Å². The molecule has 5 heteroatoms. The zero-order valence-corrected chi connectivity index (χ0v) is 11.9. The fraction of sp³-hybridized carbons (Fsp3) is 0.250. The molecule has 5 nitrogen and oxygen atoms in total. The highest BCUT2D eigenvalue weighted by Gasteiger charge is 2.11. The van der Waals surface area contributed by atoms with Gasteiger partial charge in [0.05, 0.1) is 18.3 Å². The number of carbonyl (C=O) groups excluding carboxylic acids is 1. The Balaban J connectivity index is 2.15. The topological polar surface area (TPSA) is 75.4 Å². The summed E-state index contributed by atoms with van der Waals surface area (Å²) in [5, 5.41) is 11.5. The molecular formula is C16H16N2O3. The summed E-state index contributed by atoms with van der Waals surface area (Å²) in [4.78, 5) is 16.3. The van der Waals surface area contributed by atoms with E-state index in [4.69, 9.17) is 9.52 Å². The van der Waals surface area contributed by atoms with Gasteiger partial charge in [0.1, 0.15) is 12.4 Å². The van der Waals surface area contributed by atoms with Crippen LogP contribution >= 0.6 is 0 Å². The number of hydrogen-bond acceptors (Lipinski definition) is 4. The van der Waals surface area contributed by atoms with Crippen LogP contribution in [-0.2, 0) is 6.54 Å². The van der Waals surface area contributed by atoms with Gasteiger partial charge in [-0.05, 0) is 26.0 Å². The van der Waals surface area contributed by atoms with E-state index in [-0.39, 0.29) is 19.1 Å². The smallest absolute Gasteiger partial charge is 0.252 e. The van der Waals surface area contributed by atoms with E-state index in [0.29, 0.717) is 22.8 Å². The normalized spacial score (nSPS) is 9.86. The molecule has 1 heterocycles. The lowest BCUT2D eigenvalue weighted by atomic mass is 10.0. The van der Waals surface area contributed by atoms with E-state index in [1.807, 2.05) is 13.0 Å². The van der Waals surface area contributed by atoms with Gasteiger partial charge < -0.3 is 14.8 Å². The number of aliphatic hydroxyl groups excluding tert-OH is 1. The van der Waals surface area contributed by atoms with Gasteiger partial charge in [0.2, 0.25) is 5.89 Å².